The zero-order chi connectivity index (χ0) is 37.8. The summed E-state index contributed by atoms with van der Waals surface area (Å²) in [7, 11) is 0. The number of nitrogens with zero attached hydrogens (tertiary/aromatic N) is 5. The van der Waals surface area contributed by atoms with E-state index in [1.807, 2.05) is 17.0 Å². The molecule has 0 radical (unpaired) electrons. The lowest BCUT2D eigenvalue weighted by Gasteiger charge is -2.36. The van der Waals surface area contributed by atoms with Crippen molar-refractivity contribution in [3.8, 4) is 5.75 Å². The number of pyridine rings is 1. The van der Waals surface area contributed by atoms with E-state index >= 15 is 4.39 Å². The number of hydrogen-bond donors (Lipinski definition) is 4. The third kappa shape index (κ3) is 8.31. The lowest BCUT2D eigenvalue weighted by molar-refractivity contribution is -0.142. The number of carbonyl (C=O) groups is 4. The maximum absolute atomic E-state index is 15.3. The molecule has 282 valence electrons. The van der Waals surface area contributed by atoms with Crippen LogP contribution in [-0.4, -0.2) is 127 Å². The van der Waals surface area contributed by atoms with Crippen molar-refractivity contribution >= 4 is 68.9 Å². The summed E-state index contributed by atoms with van der Waals surface area (Å²) in [6, 6.07) is 8.81. The van der Waals surface area contributed by atoms with Gasteiger partial charge in [-0.1, -0.05) is 12.1 Å². The van der Waals surface area contributed by atoms with Crippen LogP contribution in [0.1, 0.15) is 42.1 Å². The second kappa shape index (κ2) is 16.6. The van der Waals surface area contributed by atoms with E-state index in [1.54, 1.807) is 63.0 Å². The molecule has 4 N–H and O–H groups in total. The van der Waals surface area contributed by atoms with Crippen LogP contribution >= 0.6 is 23.5 Å². The summed E-state index contributed by atoms with van der Waals surface area (Å²) in [5.74, 6) is -2.16. The van der Waals surface area contributed by atoms with Gasteiger partial charge in [-0.2, -0.15) is 0 Å². The molecule has 14 nitrogen and oxygen atoms in total. The van der Waals surface area contributed by atoms with Crippen molar-refractivity contribution in [2.75, 3.05) is 55.7 Å². The van der Waals surface area contributed by atoms with Crippen LogP contribution in [0.4, 0.5) is 10.1 Å². The summed E-state index contributed by atoms with van der Waals surface area (Å²) in [6.45, 7) is 4.22. The molecule has 2 aromatic carbocycles. The Balaban J connectivity index is 0.962. The number of amides is 2. The number of aliphatic imine (C=N–C) groups is 1. The highest BCUT2D eigenvalue weighted by Crippen LogP contribution is 2.38. The summed E-state index contributed by atoms with van der Waals surface area (Å²) in [6.07, 6.45) is 1.78. The van der Waals surface area contributed by atoms with Gasteiger partial charge < -0.3 is 35.0 Å². The highest BCUT2D eigenvalue weighted by molar-refractivity contribution is 8.14. The maximum Gasteiger partial charge on any atom is 0.341 e. The maximum atomic E-state index is 15.3. The molecule has 1 aromatic heterocycles. The molecule has 2 amide bonds. The number of carboxylic acids is 2. The molecule has 0 aliphatic carbocycles. The minimum Gasteiger partial charge on any atom is -0.507 e. The number of aryl methyl sites for hydroxylation is 1. The molecule has 4 heterocycles. The first-order chi connectivity index (χ1) is 25.5. The summed E-state index contributed by atoms with van der Waals surface area (Å²) in [5.41, 5.74) is 0.171. The average Bonchev–Trinajstić information content (AvgIpc) is 3.80. The molecule has 17 heteroatoms. The number of phenolic OH excluding ortho intramolecular Hbond substituents is 1. The van der Waals surface area contributed by atoms with Crippen molar-refractivity contribution in [1.82, 2.24) is 19.7 Å². The van der Waals surface area contributed by atoms with E-state index in [1.165, 1.54) is 6.20 Å². The Morgan fingerprint density at radius 3 is 2.49 bits per heavy atom. The predicted molar refractivity (Wildman–Crippen MR) is 202 cm³/mol. The molecule has 3 atom stereocenters. The fourth-order valence-corrected chi connectivity index (χ4v) is 9.71. The molecule has 2 fully saturated rings. The van der Waals surface area contributed by atoms with Gasteiger partial charge in [0.15, 0.2) is 0 Å². The topological polar surface area (TPSA) is 185 Å². The number of rotatable bonds is 13. The molecule has 1 unspecified atom stereocenters. The number of fused-ring (bicyclic) bond motifs is 1. The van der Waals surface area contributed by atoms with E-state index in [9.17, 15) is 39.3 Å². The Kier molecular flexibility index (Phi) is 11.9. The zero-order valence-electron chi connectivity index (χ0n) is 29.1. The number of phenols is 1. The number of thioether (sulfide) groups is 2. The van der Waals surface area contributed by atoms with Crippen molar-refractivity contribution in [1.29, 1.82) is 0 Å². The molecule has 3 aliphatic heterocycles. The molecule has 6 rings (SSSR count). The Labute approximate surface area is 313 Å². The summed E-state index contributed by atoms with van der Waals surface area (Å²) in [4.78, 5) is 72.1. The third-order valence-electron chi connectivity index (χ3n) is 9.75. The number of aromatic hydroxyl groups is 1. The van der Waals surface area contributed by atoms with Crippen LogP contribution in [0.5, 0.6) is 5.75 Å². The Bertz CT molecular complexity index is 2000. The van der Waals surface area contributed by atoms with Gasteiger partial charge in [-0.3, -0.25) is 29.1 Å². The van der Waals surface area contributed by atoms with Crippen LogP contribution in [0.15, 0.2) is 52.4 Å². The number of aromatic nitrogens is 1. The summed E-state index contributed by atoms with van der Waals surface area (Å²) in [5, 5.41) is 33.0. The van der Waals surface area contributed by atoms with Gasteiger partial charge in [0.2, 0.25) is 17.2 Å². The van der Waals surface area contributed by atoms with E-state index in [0.717, 1.165) is 11.1 Å². The number of piperazine rings is 1. The number of anilines is 1. The van der Waals surface area contributed by atoms with Gasteiger partial charge in [-0.15, -0.1) is 23.5 Å². The summed E-state index contributed by atoms with van der Waals surface area (Å²) >= 11 is 3.10. The van der Waals surface area contributed by atoms with Crippen LogP contribution < -0.4 is 15.6 Å². The number of benzene rings is 2. The quantitative estimate of drug-likeness (QED) is 0.187. The van der Waals surface area contributed by atoms with Gasteiger partial charge in [-0.05, 0) is 37.6 Å². The monoisotopic (exact) mass is 768 g/mol. The van der Waals surface area contributed by atoms with Crippen molar-refractivity contribution < 1.29 is 38.9 Å². The largest absolute Gasteiger partial charge is 0.507 e. The van der Waals surface area contributed by atoms with Crippen molar-refractivity contribution in [2.45, 2.75) is 50.2 Å². The zero-order valence-corrected chi connectivity index (χ0v) is 30.7. The first-order valence-electron chi connectivity index (χ1n) is 17.4. The second-order valence-corrected chi connectivity index (χ2v) is 15.2. The van der Waals surface area contributed by atoms with E-state index in [4.69, 9.17) is 4.99 Å². The van der Waals surface area contributed by atoms with Gasteiger partial charge in [0.25, 0.3) is 0 Å². The SMILES string of the molecule is CCn1cc(C(=O)O)c(=O)c2cc(F)c(N3CCN(C(=O)CCC(=O)NCCCN4C([C@H]5CSC(c6ccccc6O)=N5)SC[C@H]4C(=O)O)CC3)cc21. The van der Waals surface area contributed by atoms with E-state index < -0.39 is 34.8 Å². The molecule has 3 aromatic rings. The van der Waals surface area contributed by atoms with E-state index in [2.05, 4.69) is 5.32 Å². The van der Waals surface area contributed by atoms with Crippen LogP contribution in [0.3, 0.4) is 0 Å². The number of nitrogens with one attached hydrogen (secondary N) is 1. The van der Waals surface area contributed by atoms with E-state index in [-0.39, 0.29) is 52.9 Å². The summed E-state index contributed by atoms with van der Waals surface area (Å²) < 4.78 is 16.9. The number of halogens is 1. The van der Waals surface area contributed by atoms with Crippen LogP contribution in [-0.2, 0) is 20.9 Å². The molecule has 0 spiro atoms. The normalized spacial score (nSPS) is 20.5. The molecule has 0 bridgehead atoms. The highest BCUT2D eigenvalue weighted by atomic mass is 32.2. The second-order valence-electron chi connectivity index (χ2n) is 13.0. The molecular formula is C36H41FN6O8S2. The minimum atomic E-state index is -1.38. The number of para-hydroxylation sites is 1. The van der Waals surface area contributed by atoms with Gasteiger partial charge in [0.1, 0.15) is 28.2 Å². The first-order valence-corrected chi connectivity index (χ1v) is 19.5. The molecule has 53 heavy (non-hydrogen) atoms. The lowest BCUT2D eigenvalue weighted by atomic mass is 10.1. The van der Waals surface area contributed by atoms with Gasteiger partial charge in [0.05, 0.1) is 22.6 Å². The Hall–Kier alpha value is -4.61. The predicted octanol–water partition coefficient (Wildman–Crippen LogP) is 2.89. The first kappa shape index (κ1) is 38.1. The number of aliphatic carboxylic acids is 1. The minimum absolute atomic E-state index is 0.00566. The standard InChI is InChI=1S/C36H41FN6O8S2/c1-2-40-18-23(35(48)49)32(47)22-16-24(37)27(17-26(22)40)41-12-14-42(15-13-41)31(46)9-8-30(45)38-10-5-11-43-28(36(50)51)20-53-34(43)25-19-52-33(39-25)21-6-3-4-7-29(21)44/h3-4,6-7,16-18,25,28,34,44H,2,5,8-15,19-20H2,1H3,(H,38,45)(H,48,49)(H,50,51)/t25-,28+,34?/m1/s1. The van der Waals surface area contributed by atoms with Crippen molar-refractivity contribution in [3.05, 3.63) is 69.8 Å². The van der Waals surface area contributed by atoms with Crippen LogP contribution in [0.25, 0.3) is 10.9 Å². The third-order valence-corrected chi connectivity index (χ3v) is 12.3. The van der Waals surface area contributed by atoms with Crippen LogP contribution in [0, 0.1) is 5.82 Å². The van der Waals surface area contributed by atoms with Gasteiger partial charge >= 0.3 is 11.9 Å². The fourth-order valence-electron chi connectivity index (χ4n) is 6.93. The molecular weight excluding hydrogens is 728 g/mol. The number of carbonyl (C=O) groups excluding carboxylic acids is 2. The molecule has 2 saturated heterocycles. The Morgan fingerprint density at radius 1 is 1.04 bits per heavy atom. The molecule has 3 aliphatic rings. The van der Waals surface area contributed by atoms with Crippen molar-refractivity contribution in [3.63, 3.8) is 0 Å². The lowest BCUT2D eigenvalue weighted by Crippen LogP contribution is -2.49. The smallest absolute Gasteiger partial charge is 0.341 e. The molecule has 0 saturated carbocycles. The number of aromatic carboxylic acids is 1. The van der Waals surface area contributed by atoms with E-state index in [0.29, 0.717) is 74.8 Å². The van der Waals surface area contributed by atoms with Gasteiger partial charge in [0, 0.05) is 87.3 Å². The number of hydrogen-bond acceptors (Lipinski definition) is 11. The number of carboxylic acid groups (broad SMARTS) is 2. The van der Waals surface area contributed by atoms with Crippen molar-refractivity contribution in [2.24, 2.45) is 4.99 Å². The Morgan fingerprint density at radius 2 is 1.79 bits per heavy atom. The van der Waals surface area contributed by atoms with Gasteiger partial charge in [-0.25, -0.2) is 9.18 Å². The fraction of sp³-hybridized carbons (Fsp3) is 0.444. The average molecular weight is 769 g/mol. The van der Waals surface area contributed by atoms with Crippen LogP contribution in [0.2, 0.25) is 0 Å². The highest BCUT2D eigenvalue weighted by Gasteiger charge is 2.43.